The van der Waals surface area contributed by atoms with Gasteiger partial charge in [-0.25, -0.2) is 8.42 Å². The number of nitrogens with one attached hydrogen (secondary N) is 1. The Bertz CT molecular complexity index is 1710. The van der Waals surface area contributed by atoms with Crippen LogP contribution in [0.25, 0.3) is 0 Å². The lowest BCUT2D eigenvalue weighted by molar-refractivity contribution is -0.140. The Labute approximate surface area is 275 Å². The Morgan fingerprint density at radius 2 is 1.49 bits per heavy atom. The molecule has 0 fully saturated rings. The number of amides is 2. The van der Waals surface area contributed by atoms with Crippen LogP contribution >= 0.6 is 15.9 Å². The van der Waals surface area contributed by atoms with Gasteiger partial charge in [-0.05, 0) is 79.8 Å². The maximum absolute atomic E-state index is 14.6. The lowest BCUT2D eigenvalue weighted by Crippen LogP contribution is -2.53. The van der Waals surface area contributed by atoms with Crippen molar-refractivity contribution in [1.82, 2.24) is 10.2 Å². The van der Waals surface area contributed by atoms with E-state index in [2.05, 4.69) is 21.2 Å². The third-order valence-corrected chi connectivity index (χ3v) is 10.1. The Morgan fingerprint density at radius 3 is 2.13 bits per heavy atom. The number of carbonyl (C=O) groups excluding carboxylic acids is 2. The van der Waals surface area contributed by atoms with E-state index in [4.69, 9.17) is 0 Å². The maximum Gasteiger partial charge on any atom is 0.264 e. The van der Waals surface area contributed by atoms with E-state index < -0.39 is 28.5 Å². The summed E-state index contributed by atoms with van der Waals surface area (Å²) in [6, 6.07) is 28.2. The highest BCUT2D eigenvalue weighted by atomic mass is 79.9. The summed E-state index contributed by atoms with van der Waals surface area (Å²) >= 11 is 3.47. The molecule has 0 aromatic heterocycles. The molecule has 0 saturated carbocycles. The lowest BCUT2D eigenvalue weighted by atomic mass is 10.0. The third kappa shape index (κ3) is 8.61. The molecule has 1 atom stereocenters. The molecule has 0 radical (unpaired) electrons. The summed E-state index contributed by atoms with van der Waals surface area (Å²) in [5, 5.41) is 2.97. The van der Waals surface area contributed by atoms with Crippen LogP contribution in [0.5, 0.6) is 0 Å². The molecule has 0 bridgehead atoms. The first-order valence-electron chi connectivity index (χ1n) is 15.0. The summed E-state index contributed by atoms with van der Waals surface area (Å²) in [6.07, 6.45) is 1.01. The van der Waals surface area contributed by atoms with Crippen LogP contribution < -0.4 is 9.62 Å². The van der Waals surface area contributed by atoms with Gasteiger partial charge in [-0.15, -0.1) is 0 Å². The van der Waals surface area contributed by atoms with Crippen LogP contribution in [0.15, 0.2) is 106 Å². The van der Waals surface area contributed by atoms with Crippen LogP contribution in [0.1, 0.15) is 41.2 Å². The Balaban J connectivity index is 1.82. The number of aryl methyl sites for hydroxylation is 2. The first-order valence-corrected chi connectivity index (χ1v) is 17.3. The fourth-order valence-corrected chi connectivity index (χ4v) is 6.80. The average Bonchev–Trinajstić information content (AvgIpc) is 3.03. The average molecular weight is 691 g/mol. The summed E-state index contributed by atoms with van der Waals surface area (Å²) < 4.78 is 30.6. The summed E-state index contributed by atoms with van der Waals surface area (Å²) in [7, 11) is -4.16. The molecule has 9 heteroatoms. The quantitative estimate of drug-likeness (QED) is 0.169. The van der Waals surface area contributed by atoms with E-state index >= 15 is 0 Å². The fraction of sp³-hybridized carbons (Fsp3) is 0.278. The molecule has 0 spiro atoms. The van der Waals surface area contributed by atoms with Gasteiger partial charge in [-0.1, -0.05) is 95.1 Å². The Hall–Kier alpha value is -3.95. The summed E-state index contributed by atoms with van der Waals surface area (Å²) in [6.45, 7) is 7.71. The highest BCUT2D eigenvalue weighted by Gasteiger charge is 2.35. The van der Waals surface area contributed by atoms with Crippen LogP contribution in [-0.4, -0.2) is 44.3 Å². The van der Waals surface area contributed by atoms with Gasteiger partial charge in [0.1, 0.15) is 12.6 Å². The molecule has 0 unspecified atom stereocenters. The van der Waals surface area contributed by atoms with Crippen molar-refractivity contribution in [1.29, 1.82) is 0 Å². The number of carbonyl (C=O) groups is 2. The Kier molecular flexibility index (Phi) is 11.6. The second-order valence-electron chi connectivity index (χ2n) is 11.2. The largest absolute Gasteiger partial charge is 0.354 e. The number of hydrogen-bond donors (Lipinski definition) is 1. The van der Waals surface area contributed by atoms with Crippen molar-refractivity contribution in [2.45, 2.75) is 58.0 Å². The molecule has 236 valence electrons. The van der Waals surface area contributed by atoms with Gasteiger partial charge in [0.15, 0.2) is 0 Å². The van der Waals surface area contributed by atoms with Gasteiger partial charge in [0.25, 0.3) is 10.0 Å². The highest BCUT2D eigenvalue weighted by molar-refractivity contribution is 9.10. The van der Waals surface area contributed by atoms with Crippen molar-refractivity contribution in [3.05, 3.63) is 129 Å². The van der Waals surface area contributed by atoms with E-state index in [1.54, 1.807) is 36.4 Å². The molecule has 2 amide bonds. The van der Waals surface area contributed by atoms with Crippen molar-refractivity contribution < 1.29 is 18.0 Å². The predicted octanol–water partition coefficient (Wildman–Crippen LogP) is 6.74. The number of rotatable bonds is 13. The van der Waals surface area contributed by atoms with E-state index in [1.165, 1.54) is 9.21 Å². The molecule has 0 heterocycles. The fourth-order valence-electron chi connectivity index (χ4n) is 5.06. The number of anilines is 1. The molecule has 0 saturated heterocycles. The predicted molar refractivity (Wildman–Crippen MR) is 184 cm³/mol. The Morgan fingerprint density at radius 1 is 0.822 bits per heavy atom. The monoisotopic (exact) mass is 689 g/mol. The van der Waals surface area contributed by atoms with Gasteiger partial charge < -0.3 is 10.2 Å². The van der Waals surface area contributed by atoms with Gasteiger partial charge in [0.2, 0.25) is 11.8 Å². The number of benzene rings is 4. The van der Waals surface area contributed by atoms with Crippen LogP contribution in [-0.2, 0) is 32.6 Å². The summed E-state index contributed by atoms with van der Waals surface area (Å²) in [5.41, 5.74) is 4.70. The SMILES string of the molecule is CCCNC(=O)[C@H](Cc1ccccc1)N(Cc1ccc(Br)cc1)C(=O)CN(c1cccc(C)c1C)S(=O)(=O)c1ccc(C)cc1. The zero-order valence-electron chi connectivity index (χ0n) is 26.2. The number of nitrogens with zero attached hydrogens (tertiary/aromatic N) is 2. The highest BCUT2D eigenvalue weighted by Crippen LogP contribution is 2.29. The smallest absolute Gasteiger partial charge is 0.264 e. The summed E-state index contributed by atoms with van der Waals surface area (Å²) in [5.74, 6) is -0.770. The molecule has 4 aromatic rings. The molecular weight excluding hydrogens is 650 g/mol. The number of hydrogen-bond acceptors (Lipinski definition) is 4. The first kappa shape index (κ1) is 33.9. The molecule has 7 nitrogen and oxygen atoms in total. The van der Waals surface area contributed by atoms with Crippen LogP contribution in [0, 0.1) is 20.8 Å². The van der Waals surface area contributed by atoms with Crippen LogP contribution in [0.2, 0.25) is 0 Å². The van der Waals surface area contributed by atoms with Crippen molar-refractivity contribution in [3.8, 4) is 0 Å². The van der Waals surface area contributed by atoms with Gasteiger partial charge in [-0.3, -0.25) is 13.9 Å². The molecule has 0 aliphatic carbocycles. The maximum atomic E-state index is 14.6. The molecule has 45 heavy (non-hydrogen) atoms. The van der Waals surface area contributed by atoms with E-state index in [9.17, 15) is 18.0 Å². The lowest BCUT2D eigenvalue weighted by Gasteiger charge is -2.34. The van der Waals surface area contributed by atoms with Crippen molar-refractivity contribution >= 4 is 43.5 Å². The van der Waals surface area contributed by atoms with Crippen molar-refractivity contribution in [2.24, 2.45) is 0 Å². The van der Waals surface area contributed by atoms with Crippen molar-refractivity contribution in [2.75, 3.05) is 17.4 Å². The standard InChI is InChI=1S/C36H40BrN3O4S/c1-5-22-38-36(42)34(23-29-11-7-6-8-12-29)39(24-30-16-18-31(37)19-17-30)35(41)25-40(33-13-9-10-27(3)28(33)4)45(43,44)32-20-14-26(2)15-21-32/h6-21,34H,5,22-25H2,1-4H3,(H,38,42)/t34-/m0/s1. The van der Waals surface area contributed by atoms with Gasteiger partial charge in [0.05, 0.1) is 10.6 Å². The third-order valence-electron chi connectivity index (χ3n) is 7.82. The minimum absolute atomic E-state index is 0.0859. The molecule has 4 rings (SSSR count). The minimum atomic E-state index is -4.16. The second-order valence-corrected chi connectivity index (χ2v) is 14.0. The molecule has 0 aliphatic heterocycles. The number of halogens is 1. The molecular formula is C36H40BrN3O4S. The van der Waals surface area contributed by atoms with Crippen LogP contribution in [0.4, 0.5) is 5.69 Å². The normalized spacial score (nSPS) is 11.9. The minimum Gasteiger partial charge on any atom is -0.354 e. The molecule has 1 N–H and O–H groups in total. The van der Waals surface area contributed by atoms with Gasteiger partial charge >= 0.3 is 0 Å². The summed E-state index contributed by atoms with van der Waals surface area (Å²) in [4.78, 5) is 29.9. The van der Waals surface area contributed by atoms with Gasteiger partial charge in [0, 0.05) is 24.0 Å². The topological polar surface area (TPSA) is 86.8 Å². The van der Waals surface area contributed by atoms with E-state index in [1.807, 2.05) is 88.4 Å². The van der Waals surface area contributed by atoms with Crippen molar-refractivity contribution in [3.63, 3.8) is 0 Å². The van der Waals surface area contributed by atoms with E-state index in [-0.39, 0.29) is 23.8 Å². The number of sulfonamides is 1. The first-order chi connectivity index (χ1) is 21.5. The van der Waals surface area contributed by atoms with Crippen LogP contribution in [0.3, 0.4) is 0 Å². The van der Waals surface area contributed by atoms with E-state index in [0.717, 1.165) is 38.7 Å². The second kappa shape index (κ2) is 15.4. The zero-order valence-corrected chi connectivity index (χ0v) is 28.6. The zero-order chi connectivity index (χ0) is 32.6. The van der Waals surface area contributed by atoms with E-state index in [0.29, 0.717) is 12.2 Å². The molecule has 0 aliphatic rings. The van der Waals surface area contributed by atoms with Gasteiger partial charge in [-0.2, -0.15) is 0 Å². The molecule has 4 aromatic carbocycles.